The summed E-state index contributed by atoms with van der Waals surface area (Å²) >= 11 is 0. The highest BCUT2D eigenvalue weighted by atomic mass is 19.1. The fraction of sp³-hybridized carbons (Fsp3) is 0.238. The van der Waals surface area contributed by atoms with E-state index < -0.39 is 30.5 Å². The number of rotatable bonds is 5. The maximum atomic E-state index is 13.8. The van der Waals surface area contributed by atoms with E-state index in [1.54, 1.807) is 13.1 Å². The van der Waals surface area contributed by atoms with Crippen molar-refractivity contribution in [2.75, 3.05) is 18.6 Å². The first-order valence-electron chi connectivity index (χ1n) is 9.29. The molecule has 2 amide bonds. The molecule has 0 saturated carbocycles. The van der Waals surface area contributed by atoms with Crippen molar-refractivity contribution in [2.45, 2.75) is 12.0 Å². The number of alkyl halides is 1. The van der Waals surface area contributed by atoms with Gasteiger partial charge in [0.25, 0.3) is 17.8 Å². The van der Waals surface area contributed by atoms with Gasteiger partial charge in [0.05, 0.1) is 11.5 Å². The predicted molar refractivity (Wildman–Crippen MR) is 107 cm³/mol. The summed E-state index contributed by atoms with van der Waals surface area (Å²) in [4.78, 5) is 30.5. The van der Waals surface area contributed by atoms with Crippen LogP contribution in [-0.2, 0) is 7.05 Å². The lowest BCUT2D eigenvalue weighted by atomic mass is 9.86. The zero-order chi connectivity index (χ0) is 21.4. The molecule has 4 rings (SSSR count). The fourth-order valence-electron chi connectivity index (χ4n) is 3.68. The van der Waals surface area contributed by atoms with Crippen LogP contribution in [-0.4, -0.2) is 46.4 Å². The first-order valence-corrected chi connectivity index (χ1v) is 9.29. The Morgan fingerprint density at radius 1 is 1.27 bits per heavy atom. The molecule has 9 heteroatoms. The van der Waals surface area contributed by atoms with Crippen LogP contribution in [0, 0.1) is 0 Å². The van der Waals surface area contributed by atoms with Crippen molar-refractivity contribution in [1.82, 2.24) is 14.8 Å². The molecule has 3 aromatic rings. The summed E-state index contributed by atoms with van der Waals surface area (Å²) in [5.41, 5.74) is 7.16. The number of aromatic nitrogens is 3. The molecular weight excluding hydrogens is 389 g/mol. The van der Waals surface area contributed by atoms with Gasteiger partial charge in [-0.3, -0.25) is 19.2 Å². The van der Waals surface area contributed by atoms with Crippen LogP contribution in [0.25, 0.3) is 0 Å². The zero-order valence-electron chi connectivity index (χ0n) is 16.4. The maximum absolute atomic E-state index is 13.8. The fourth-order valence-corrected chi connectivity index (χ4v) is 3.68. The largest absolute Gasteiger partial charge is 0.486 e. The highest BCUT2D eigenvalue weighted by Gasteiger charge is 2.39. The summed E-state index contributed by atoms with van der Waals surface area (Å²) in [6.45, 7) is -0.756. The molecule has 0 fully saturated rings. The summed E-state index contributed by atoms with van der Waals surface area (Å²) in [7, 11) is 3.22. The molecular formula is C21H20FN5O3. The van der Waals surface area contributed by atoms with E-state index in [1.807, 2.05) is 30.3 Å². The number of halogens is 1. The van der Waals surface area contributed by atoms with E-state index in [0.717, 1.165) is 5.56 Å². The molecule has 0 spiro atoms. The van der Waals surface area contributed by atoms with Crippen LogP contribution >= 0.6 is 0 Å². The number of primary amides is 1. The standard InChI is InChI=1S/C21H20FN5O3/c1-26-11-24-21(25-26)27(2)20(29)13-8-14-17(12-6-4-3-5-7-12)16(10-22)30-18(14)15(9-13)19(23)28/h3-9,11,16-17H,10H2,1-2H3,(H2,23,28)/t16-,17+/m1/s1. The molecule has 2 aromatic carbocycles. The second kappa shape index (κ2) is 7.58. The molecule has 154 valence electrons. The van der Waals surface area contributed by atoms with E-state index in [4.69, 9.17) is 10.5 Å². The van der Waals surface area contributed by atoms with Crippen LogP contribution in [0.1, 0.15) is 37.8 Å². The highest BCUT2D eigenvalue weighted by molar-refractivity contribution is 6.07. The topological polar surface area (TPSA) is 103 Å². The van der Waals surface area contributed by atoms with Crippen LogP contribution in [0.5, 0.6) is 5.75 Å². The Kier molecular flexibility index (Phi) is 4.94. The summed E-state index contributed by atoms with van der Waals surface area (Å²) in [5.74, 6) is -1.24. The third-order valence-electron chi connectivity index (χ3n) is 5.11. The number of benzene rings is 2. The van der Waals surface area contributed by atoms with E-state index in [9.17, 15) is 14.0 Å². The predicted octanol–water partition coefficient (Wildman–Crippen LogP) is 2.05. The second-order valence-corrected chi connectivity index (χ2v) is 7.09. The van der Waals surface area contributed by atoms with Gasteiger partial charge in [-0.25, -0.2) is 9.37 Å². The van der Waals surface area contributed by atoms with Crippen molar-refractivity contribution >= 4 is 17.8 Å². The number of fused-ring (bicyclic) bond motifs is 1. The van der Waals surface area contributed by atoms with Crippen molar-refractivity contribution in [3.8, 4) is 5.75 Å². The normalized spacial score (nSPS) is 17.3. The summed E-state index contributed by atoms with van der Waals surface area (Å²) in [5, 5.41) is 4.12. The van der Waals surface area contributed by atoms with Crippen LogP contribution in [0.4, 0.5) is 10.3 Å². The van der Waals surface area contributed by atoms with E-state index in [2.05, 4.69) is 10.1 Å². The molecule has 2 atom stereocenters. The minimum atomic E-state index is -0.818. The van der Waals surface area contributed by atoms with Gasteiger partial charge < -0.3 is 10.5 Å². The third kappa shape index (κ3) is 3.28. The number of ether oxygens (including phenoxy) is 1. The molecule has 8 nitrogen and oxygen atoms in total. The van der Waals surface area contributed by atoms with Crippen molar-refractivity contribution < 1.29 is 18.7 Å². The van der Waals surface area contributed by atoms with E-state index in [-0.39, 0.29) is 22.8 Å². The van der Waals surface area contributed by atoms with Gasteiger partial charge in [0, 0.05) is 25.2 Å². The van der Waals surface area contributed by atoms with Crippen LogP contribution in [0.2, 0.25) is 0 Å². The van der Waals surface area contributed by atoms with Gasteiger partial charge in [0.1, 0.15) is 24.9 Å². The van der Waals surface area contributed by atoms with Crippen molar-refractivity contribution in [2.24, 2.45) is 12.8 Å². The van der Waals surface area contributed by atoms with Crippen LogP contribution in [0.15, 0.2) is 48.8 Å². The van der Waals surface area contributed by atoms with Gasteiger partial charge in [-0.1, -0.05) is 30.3 Å². The first-order chi connectivity index (χ1) is 14.4. The molecule has 2 N–H and O–H groups in total. The lowest BCUT2D eigenvalue weighted by Gasteiger charge is -2.17. The number of amides is 2. The molecule has 30 heavy (non-hydrogen) atoms. The molecule has 0 bridgehead atoms. The number of hydrogen-bond donors (Lipinski definition) is 1. The van der Waals surface area contributed by atoms with Crippen molar-refractivity contribution in [1.29, 1.82) is 0 Å². The Hall–Kier alpha value is -3.75. The van der Waals surface area contributed by atoms with Crippen LogP contribution < -0.4 is 15.4 Å². The maximum Gasteiger partial charge on any atom is 0.260 e. The molecule has 0 unspecified atom stereocenters. The van der Waals surface area contributed by atoms with Gasteiger partial charge in [-0.05, 0) is 17.7 Å². The smallest absolute Gasteiger partial charge is 0.260 e. The molecule has 1 aliphatic heterocycles. The molecule has 0 radical (unpaired) electrons. The number of aryl methyl sites for hydroxylation is 1. The molecule has 1 aliphatic rings. The third-order valence-corrected chi connectivity index (χ3v) is 5.11. The molecule has 0 aliphatic carbocycles. The highest BCUT2D eigenvalue weighted by Crippen LogP contribution is 2.45. The molecule has 2 heterocycles. The lowest BCUT2D eigenvalue weighted by Crippen LogP contribution is -2.28. The monoisotopic (exact) mass is 409 g/mol. The van der Waals surface area contributed by atoms with E-state index in [1.165, 1.54) is 29.0 Å². The number of anilines is 1. The van der Waals surface area contributed by atoms with Gasteiger partial charge in [-0.15, -0.1) is 5.10 Å². The molecule has 1 aromatic heterocycles. The number of nitrogens with two attached hydrogens (primary N) is 1. The Balaban J connectivity index is 1.83. The van der Waals surface area contributed by atoms with Gasteiger partial charge in [0.2, 0.25) is 0 Å². The SMILES string of the molecule is CN(C(=O)c1cc(C(N)=O)c2c(c1)[C@H](c1ccccc1)[C@@H](CF)O2)c1ncn(C)n1. The van der Waals surface area contributed by atoms with Crippen LogP contribution in [0.3, 0.4) is 0 Å². The molecule has 0 saturated heterocycles. The van der Waals surface area contributed by atoms with Gasteiger partial charge in [0.15, 0.2) is 0 Å². The van der Waals surface area contributed by atoms with Crippen molar-refractivity contribution in [3.63, 3.8) is 0 Å². The van der Waals surface area contributed by atoms with Crippen molar-refractivity contribution in [3.05, 3.63) is 71.0 Å². The number of nitrogens with zero attached hydrogens (tertiary/aromatic N) is 4. The Labute approximate surface area is 172 Å². The average Bonchev–Trinajstić information content (AvgIpc) is 3.35. The minimum absolute atomic E-state index is 0.0371. The first kappa shape index (κ1) is 19.6. The Morgan fingerprint density at radius 2 is 2.00 bits per heavy atom. The number of carbonyl (C=O) groups excluding carboxylic acids is 2. The van der Waals surface area contributed by atoms with E-state index in [0.29, 0.717) is 5.56 Å². The summed E-state index contributed by atoms with van der Waals surface area (Å²) in [6, 6.07) is 12.2. The minimum Gasteiger partial charge on any atom is -0.486 e. The lowest BCUT2D eigenvalue weighted by molar-refractivity contribution is 0.0991. The second-order valence-electron chi connectivity index (χ2n) is 7.09. The quantitative estimate of drug-likeness (QED) is 0.695. The number of carbonyl (C=O) groups is 2. The van der Waals surface area contributed by atoms with Gasteiger partial charge >= 0.3 is 0 Å². The van der Waals surface area contributed by atoms with Gasteiger partial charge in [-0.2, -0.15) is 0 Å². The number of hydrogen-bond acceptors (Lipinski definition) is 5. The average molecular weight is 409 g/mol. The summed E-state index contributed by atoms with van der Waals surface area (Å²) < 4.78 is 21.1. The van der Waals surface area contributed by atoms with E-state index >= 15 is 0 Å². The Bertz CT molecular complexity index is 1120. The summed E-state index contributed by atoms with van der Waals surface area (Å²) in [6.07, 6.45) is 0.655. The zero-order valence-corrected chi connectivity index (χ0v) is 16.4. The Morgan fingerprint density at radius 3 is 2.60 bits per heavy atom.